The zero-order valence-corrected chi connectivity index (χ0v) is 9.25. The van der Waals surface area contributed by atoms with Crippen LogP contribution in [0.25, 0.3) is 0 Å². The molecule has 0 bridgehead atoms. The first-order valence-electron chi connectivity index (χ1n) is 5.67. The molecule has 4 heteroatoms. The van der Waals surface area contributed by atoms with Gasteiger partial charge < -0.3 is 15.1 Å². The molecule has 2 heterocycles. The highest BCUT2D eigenvalue weighted by Gasteiger charge is 2.12. The van der Waals surface area contributed by atoms with Crippen LogP contribution in [0, 0.1) is 12.8 Å². The highest BCUT2D eigenvalue weighted by molar-refractivity contribution is 4.90. The SMILES string of the molecule is Cc1cnc(CNCC2CCNCC2)o1. The predicted octanol–water partition coefficient (Wildman–Crippen LogP) is 1.07. The van der Waals surface area contributed by atoms with Crippen LogP contribution >= 0.6 is 0 Å². The van der Waals surface area contributed by atoms with E-state index in [-0.39, 0.29) is 0 Å². The van der Waals surface area contributed by atoms with Crippen LogP contribution in [-0.2, 0) is 6.54 Å². The summed E-state index contributed by atoms with van der Waals surface area (Å²) in [6.45, 7) is 6.05. The minimum Gasteiger partial charge on any atom is -0.445 e. The van der Waals surface area contributed by atoms with Crippen molar-refractivity contribution in [3.05, 3.63) is 17.8 Å². The van der Waals surface area contributed by atoms with Gasteiger partial charge in [-0.05, 0) is 45.3 Å². The van der Waals surface area contributed by atoms with Gasteiger partial charge in [0.15, 0.2) is 0 Å². The van der Waals surface area contributed by atoms with E-state index >= 15 is 0 Å². The second-order valence-electron chi connectivity index (χ2n) is 4.19. The molecule has 1 aliphatic heterocycles. The Kier molecular flexibility index (Phi) is 3.75. The van der Waals surface area contributed by atoms with Gasteiger partial charge in [0.05, 0.1) is 12.7 Å². The summed E-state index contributed by atoms with van der Waals surface area (Å²) < 4.78 is 5.39. The normalized spacial score (nSPS) is 18.2. The van der Waals surface area contributed by atoms with E-state index in [2.05, 4.69) is 15.6 Å². The van der Waals surface area contributed by atoms with Crippen molar-refractivity contribution in [2.24, 2.45) is 5.92 Å². The van der Waals surface area contributed by atoms with E-state index in [9.17, 15) is 0 Å². The summed E-state index contributed by atoms with van der Waals surface area (Å²) in [7, 11) is 0. The van der Waals surface area contributed by atoms with Crippen LogP contribution in [0.15, 0.2) is 10.6 Å². The summed E-state index contributed by atoms with van der Waals surface area (Å²) in [5.41, 5.74) is 0. The molecule has 2 N–H and O–H groups in total. The van der Waals surface area contributed by atoms with E-state index in [0.29, 0.717) is 0 Å². The smallest absolute Gasteiger partial charge is 0.208 e. The van der Waals surface area contributed by atoms with Crippen LogP contribution in [0.2, 0.25) is 0 Å². The molecule has 0 saturated carbocycles. The number of hydrogen-bond donors (Lipinski definition) is 2. The Morgan fingerprint density at radius 1 is 1.53 bits per heavy atom. The van der Waals surface area contributed by atoms with Gasteiger partial charge in [0, 0.05) is 0 Å². The number of nitrogens with zero attached hydrogens (tertiary/aromatic N) is 1. The second-order valence-corrected chi connectivity index (χ2v) is 4.19. The monoisotopic (exact) mass is 209 g/mol. The highest BCUT2D eigenvalue weighted by atomic mass is 16.4. The number of rotatable bonds is 4. The van der Waals surface area contributed by atoms with Crippen molar-refractivity contribution >= 4 is 0 Å². The Hall–Kier alpha value is -0.870. The molecule has 0 aliphatic carbocycles. The zero-order chi connectivity index (χ0) is 10.5. The van der Waals surface area contributed by atoms with Gasteiger partial charge >= 0.3 is 0 Å². The topological polar surface area (TPSA) is 50.1 Å². The van der Waals surface area contributed by atoms with E-state index in [1.165, 1.54) is 12.8 Å². The summed E-state index contributed by atoms with van der Waals surface area (Å²) in [5, 5.41) is 6.77. The van der Waals surface area contributed by atoms with Gasteiger partial charge in [-0.15, -0.1) is 0 Å². The number of oxazole rings is 1. The molecule has 1 aromatic rings. The fourth-order valence-electron chi connectivity index (χ4n) is 1.95. The van der Waals surface area contributed by atoms with Gasteiger partial charge in [0.2, 0.25) is 5.89 Å². The van der Waals surface area contributed by atoms with E-state index < -0.39 is 0 Å². The molecule has 1 saturated heterocycles. The summed E-state index contributed by atoms with van der Waals surface area (Å²) in [4.78, 5) is 4.16. The molecule has 2 rings (SSSR count). The maximum Gasteiger partial charge on any atom is 0.208 e. The Labute approximate surface area is 90.5 Å². The Balaban J connectivity index is 1.65. The summed E-state index contributed by atoms with van der Waals surface area (Å²) in [6.07, 6.45) is 4.32. The maximum absolute atomic E-state index is 5.39. The first kappa shape index (κ1) is 10.6. The zero-order valence-electron chi connectivity index (χ0n) is 9.25. The predicted molar refractivity (Wildman–Crippen MR) is 58.5 cm³/mol. The van der Waals surface area contributed by atoms with Crippen LogP contribution in [-0.4, -0.2) is 24.6 Å². The van der Waals surface area contributed by atoms with Gasteiger partial charge in [0.25, 0.3) is 0 Å². The number of piperidine rings is 1. The molecule has 1 aliphatic rings. The Bertz CT molecular complexity index is 292. The highest BCUT2D eigenvalue weighted by Crippen LogP contribution is 2.10. The van der Waals surface area contributed by atoms with E-state index in [4.69, 9.17) is 4.42 Å². The van der Waals surface area contributed by atoms with Crippen molar-refractivity contribution in [2.45, 2.75) is 26.3 Å². The number of nitrogens with one attached hydrogen (secondary N) is 2. The quantitative estimate of drug-likeness (QED) is 0.779. The lowest BCUT2D eigenvalue weighted by Crippen LogP contribution is -2.33. The van der Waals surface area contributed by atoms with Crippen molar-refractivity contribution in [2.75, 3.05) is 19.6 Å². The van der Waals surface area contributed by atoms with Gasteiger partial charge in [-0.1, -0.05) is 0 Å². The molecule has 0 radical (unpaired) electrons. The molecule has 0 unspecified atom stereocenters. The fraction of sp³-hybridized carbons (Fsp3) is 0.727. The molecule has 0 aromatic carbocycles. The second kappa shape index (κ2) is 5.28. The first-order chi connectivity index (χ1) is 7.34. The summed E-state index contributed by atoms with van der Waals surface area (Å²) in [6, 6.07) is 0. The third-order valence-electron chi connectivity index (χ3n) is 2.84. The van der Waals surface area contributed by atoms with Crippen LogP contribution in [0.3, 0.4) is 0 Å². The third-order valence-corrected chi connectivity index (χ3v) is 2.84. The summed E-state index contributed by atoms with van der Waals surface area (Å²) >= 11 is 0. The molecule has 1 aromatic heterocycles. The number of aromatic nitrogens is 1. The lowest BCUT2D eigenvalue weighted by Gasteiger charge is -2.22. The van der Waals surface area contributed by atoms with Crippen LogP contribution < -0.4 is 10.6 Å². The number of aryl methyl sites for hydroxylation is 1. The van der Waals surface area contributed by atoms with E-state index in [1.807, 2.05) is 6.92 Å². The summed E-state index contributed by atoms with van der Waals surface area (Å²) in [5.74, 6) is 2.48. The van der Waals surface area contributed by atoms with Crippen LogP contribution in [0.5, 0.6) is 0 Å². The standard InChI is InChI=1S/C11H19N3O/c1-9-6-14-11(15-9)8-13-7-10-2-4-12-5-3-10/h6,10,12-13H,2-5,7-8H2,1H3. The van der Waals surface area contributed by atoms with Crippen LogP contribution in [0.4, 0.5) is 0 Å². The molecule has 4 nitrogen and oxygen atoms in total. The Morgan fingerprint density at radius 2 is 2.33 bits per heavy atom. The minimum atomic E-state index is 0.748. The molecular weight excluding hydrogens is 190 g/mol. The molecule has 0 atom stereocenters. The molecule has 0 spiro atoms. The fourth-order valence-corrected chi connectivity index (χ4v) is 1.95. The van der Waals surface area contributed by atoms with Crippen molar-refractivity contribution in [3.63, 3.8) is 0 Å². The van der Waals surface area contributed by atoms with Crippen molar-refractivity contribution in [1.82, 2.24) is 15.6 Å². The van der Waals surface area contributed by atoms with Gasteiger partial charge in [-0.25, -0.2) is 4.98 Å². The van der Waals surface area contributed by atoms with E-state index in [1.54, 1.807) is 6.20 Å². The maximum atomic E-state index is 5.39. The van der Waals surface area contributed by atoms with E-state index in [0.717, 1.165) is 43.7 Å². The van der Waals surface area contributed by atoms with Crippen LogP contribution in [0.1, 0.15) is 24.5 Å². The lowest BCUT2D eigenvalue weighted by atomic mass is 9.98. The minimum absolute atomic E-state index is 0.748. The molecule has 1 fully saturated rings. The number of hydrogen-bond acceptors (Lipinski definition) is 4. The van der Waals surface area contributed by atoms with Crippen molar-refractivity contribution < 1.29 is 4.42 Å². The first-order valence-corrected chi connectivity index (χ1v) is 5.67. The molecule has 0 amide bonds. The Morgan fingerprint density at radius 3 is 3.00 bits per heavy atom. The molecular formula is C11H19N3O. The lowest BCUT2D eigenvalue weighted by molar-refractivity contribution is 0.347. The molecule has 84 valence electrons. The average Bonchev–Trinajstić information content (AvgIpc) is 2.66. The largest absolute Gasteiger partial charge is 0.445 e. The van der Waals surface area contributed by atoms with Gasteiger partial charge in [-0.2, -0.15) is 0 Å². The van der Waals surface area contributed by atoms with Gasteiger partial charge in [-0.3, -0.25) is 0 Å². The molecule has 15 heavy (non-hydrogen) atoms. The van der Waals surface area contributed by atoms with Crippen molar-refractivity contribution in [1.29, 1.82) is 0 Å². The third kappa shape index (κ3) is 3.32. The average molecular weight is 209 g/mol. The van der Waals surface area contributed by atoms with Crippen molar-refractivity contribution in [3.8, 4) is 0 Å². The van der Waals surface area contributed by atoms with Gasteiger partial charge in [0.1, 0.15) is 5.76 Å².